The van der Waals surface area contributed by atoms with Gasteiger partial charge in [-0.3, -0.25) is 4.57 Å². The van der Waals surface area contributed by atoms with E-state index in [9.17, 15) is 4.79 Å². The number of ether oxygens (including phenoxy) is 1. The molecule has 1 N–H and O–H groups in total. The van der Waals surface area contributed by atoms with E-state index in [4.69, 9.17) is 4.74 Å². The zero-order valence-electron chi connectivity index (χ0n) is 11.5. The second kappa shape index (κ2) is 5.73. The minimum atomic E-state index is -0.355. The molecule has 1 atom stereocenters. The van der Waals surface area contributed by atoms with Crippen LogP contribution in [-0.4, -0.2) is 29.2 Å². The van der Waals surface area contributed by atoms with Gasteiger partial charge in [-0.15, -0.1) is 0 Å². The molecular formula is C14H19N3O2. The minimum Gasteiger partial charge on any atom is -0.467 e. The van der Waals surface area contributed by atoms with Crippen molar-refractivity contribution in [1.29, 1.82) is 0 Å². The maximum atomic E-state index is 11.9. The highest BCUT2D eigenvalue weighted by atomic mass is 16.5. The Bertz CT molecular complexity index is 577. The van der Waals surface area contributed by atoms with Crippen LogP contribution in [0.25, 0.3) is 11.0 Å². The lowest BCUT2D eigenvalue weighted by molar-refractivity contribution is -0.144. The number of benzene rings is 1. The zero-order chi connectivity index (χ0) is 13.8. The molecule has 0 saturated carbocycles. The van der Waals surface area contributed by atoms with Gasteiger partial charge in [0.15, 0.2) is 0 Å². The van der Waals surface area contributed by atoms with Crippen molar-refractivity contribution in [2.75, 3.05) is 19.0 Å². The van der Waals surface area contributed by atoms with Gasteiger partial charge < -0.3 is 10.1 Å². The number of aromatic nitrogens is 2. The van der Waals surface area contributed by atoms with Crippen LogP contribution in [0.2, 0.25) is 0 Å². The molecule has 1 aromatic heterocycles. The Labute approximate surface area is 112 Å². The number of fused-ring (bicyclic) bond motifs is 1. The molecule has 2 aromatic rings. The van der Waals surface area contributed by atoms with E-state index in [0.717, 1.165) is 17.6 Å². The third kappa shape index (κ3) is 2.41. The topological polar surface area (TPSA) is 56.2 Å². The highest BCUT2D eigenvalue weighted by molar-refractivity contribution is 5.83. The van der Waals surface area contributed by atoms with Gasteiger partial charge in [-0.25, -0.2) is 9.78 Å². The number of methoxy groups -OCH3 is 1. The zero-order valence-corrected chi connectivity index (χ0v) is 11.5. The van der Waals surface area contributed by atoms with Crippen molar-refractivity contribution >= 4 is 23.0 Å². The van der Waals surface area contributed by atoms with Crippen LogP contribution in [0.1, 0.15) is 26.3 Å². The van der Waals surface area contributed by atoms with Crippen LogP contribution in [0, 0.1) is 0 Å². The Balaban J connectivity index is 2.60. The molecule has 5 nitrogen and oxygen atoms in total. The van der Waals surface area contributed by atoms with E-state index >= 15 is 0 Å². The summed E-state index contributed by atoms with van der Waals surface area (Å²) in [5.41, 5.74) is 1.82. The molecule has 0 radical (unpaired) electrons. The molecule has 0 aliphatic rings. The molecule has 0 spiro atoms. The number of anilines is 1. The quantitative estimate of drug-likeness (QED) is 0.840. The molecule has 0 saturated heterocycles. The Morgan fingerprint density at radius 2 is 2.16 bits per heavy atom. The van der Waals surface area contributed by atoms with E-state index < -0.39 is 0 Å². The molecule has 19 heavy (non-hydrogen) atoms. The van der Waals surface area contributed by atoms with Crippen LogP contribution in [0.4, 0.5) is 5.95 Å². The maximum Gasteiger partial charge on any atom is 0.328 e. The molecule has 2 rings (SSSR count). The van der Waals surface area contributed by atoms with E-state index in [1.165, 1.54) is 7.11 Å². The molecule has 0 aliphatic heterocycles. The average molecular weight is 261 g/mol. The fraction of sp³-hybridized carbons (Fsp3) is 0.429. The van der Waals surface area contributed by atoms with Gasteiger partial charge in [-0.2, -0.15) is 0 Å². The van der Waals surface area contributed by atoms with E-state index in [2.05, 4.69) is 10.3 Å². The Hall–Kier alpha value is -2.04. The van der Waals surface area contributed by atoms with Crippen LogP contribution >= 0.6 is 0 Å². The van der Waals surface area contributed by atoms with Crippen LogP contribution in [0.3, 0.4) is 0 Å². The van der Waals surface area contributed by atoms with Crippen LogP contribution in [0.5, 0.6) is 0 Å². The smallest absolute Gasteiger partial charge is 0.328 e. The van der Waals surface area contributed by atoms with Crippen LogP contribution in [-0.2, 0) is 9.53 Å². The van der Waals surface area contributed by atoms with E-state index in [0.29, 0.717) is 12.4 Å². The van der Waals surface area contributed by atoms with Gasteiger partial charge in [0.1, 0.15) is 6.04 Å². The number of imidazole rings is 1. The lowest BCUT2D eigenvalue weighted by atomic mass is 10.2. The van der Waals surface area contributed by atoms with E-state index in [-0.39, 0.29) is 12.0 Å². The van der Waals surface area contributed by atoms with Gasteiger partial charge in [0.25, 0.3) is 0 Å². The summed E-state index contributed by atoms with van der Waals surface area (Å²) >= 11 is 0. The number of para-hydroxylation sites is 2. The maximum absolute atomic E-state index is 11.9. The van der Waals surface area contributed by atoms with Crippen molar-refractivity contribution in [1.82, 2.24) is 9.55 Å². The number of carbonyl (C=O) groups is 1. The summed E-state index contributed by atoms with van der Waals surface area (Å²) in [6.45, 7) is 4.72. The van der Waals surface area contributed by atoms with Gasteiger partial charge >= 0.3 is 5.97 Å². The standard InChI is InChI=1S/C14H19N3O2/c1-4-11(13(18)19-3)17-12-9-7-6-8-10(12)16-14(17)15-5-2/h6-9,11H,4-5H2,1-3H3,(H,15,16). The molecule has 0 fully saturated rings. The summed E-state index contributed by atoms with van der Waals surface area (Å²) in [5, 5.41) is 3.20. The number of hydrogen-bond acceptors (Lipinski definition) is 4. The summed E-state index contributed by atoms with van der Waals surface area (Å²) in [7, 11) is 1.41. The normalized spacial score (nSPS) is 12.4. The summed E-state index contributed by atoms with van der Waals surface area (Å²) < 4.78 is 6.82. The summed E-state index contributed by atoms with van der Waals surface area (Å²) in [6.07, 6.45) is 0.658. The number of carbonyl (C=O) groups excluding carboxylic acids is 1. The lowest BCUT2D eigenvalue weighted by Gasteiger charge is -2.18. The molecule has 5 heteroatoms. The molecular weight excluding hydrogens is 242 g/mol. The molecule has 0 aliphatic carbocycles. The molecule has 0 bridgehead atoms. The first-order chi connectivity index (χ1) is 9.22. The van der Waals surface area contributed by atoms with Crippen molar-refractivity contribution in [3.05, 3.63) is 24.3 Å². The van der Waals surface area contributed by atoms with Gasteiger partial charge in [0, 0.05) is 6.54 Å². The number of hydrogen-bond donors (Lipinski definition) is 1. The molecule has 1 heterocycles. The Morgan fingerprint density at radius 3 is 2.79 bits per heavy atom. The second-order valence-corrected chi connectivity index (χ2v) is 4.27. The predicted octanol–water partition coefficient (Wildman–Crippen LogP) is 2.59. The van der Waals surface area contributed by atoms with Gasteiger partial charge in [0.05, 0.1) is 18.1 Å². The first kappa shape index (κ1) is 13.4. The second-order valence-electron chi connectivity index (χ2n) is 4.27. The highest BCUT2D eigenvalue weighted by Gasteiger charge is 2.24. The monoisotopic (exact) mass is 261 g/mol. The first-order valence-corrected chi connectivity index (χ1v) is 6.51. The van der Waals surface area contributed by atoms with Crippen LogP contribution < -0.4 is 5.32 Å². The first-order valence-electron chi connectivity index (χ1n) is 6.51. The largest absolute Gasteiger partial charge is 0.467 e. The van der Waals surface area contributed by atoms with Crippen molar-refractivity contribution in [2.45, 2.75) is 26.3 Å². The summed E-state index contributed by atoms with van der Waals surface area (Å²) in [4.78, 5) is 16.5. The number of nitrogens with one attached hydrogen (secondary N) is 1. The fourth-order valence-electron chi connectivity index (χ4n) is 2.23. The Morgan fingerprint density at radius 1 is 1.42 bits per heavy atom. The van der Waals surface area contributed by atoms with Crippen molar-refractivity contribution < 1.29 is 9.53 Å². The number of rotatable bonds is 5. The number of esters is 1. The predicted molar refractivity (Wildman–Crippen MR) is 75.2 cm³/mol. The third-order valence-electron chi connectivity index (χ3n) is 3.10. The lowest BCUT2D eigenvalue weighted by Crippen LogP contribution is -2.22. The van der Waals surface area contributed by atoms with Gasteiger partial charge in [-0.05, 0) is 25.5 Å². The van der Waals surface area contributed by atoms with Gasteiger partial charge in [-0.1, -0.05) is 19.1 Å². The van der Waals surface area contributed by atoms with Crippen LogP contribution in [0.15, 0.2) is 24.3 Å². The fourth-order valence-corrected chi connectivity index (χ4v) is 2.23. The summed E-state index contributed by atoms with van der Waals surface area (Å²) in [6, 6.07) is 7.44. The molecule has 102 valence electrons. The van der Waals surface area contributed by atoms with Gasteiger partial charge in [0.2, 0.25) is 5.95 Å². The minimum absolute atomic E-state index is 0.246. The summed E-state index contributed by atoms with van der Waals surface area (Å²) in [5.74, 6) is 0.464. The number of nitrogens with zero attached hydrogens (tertiary/aromatic N) is 2. The molecule has 0 amide bonds. The molecule has 1 unspecified atom stereocenters. The Kier molecular flexibility index (Phi) is 4.04. The van der Waals surface area contributed by atoms with Crippen molar-refractivity contribution in [3.8, 4) is 0 Å². The van der Waals surface area contributed by atoms with Crippen molar-refractivity contribution in [3.63, 3.8) is 0 Å². The van der Waals surface area contributed by atoms with Crippen molar-refractivity contribution in [2.24, 2.45) is 0 Å². The average Bonchev–Trinajstić information content (AvgIpc) is 2.78. The van der Waals surface area contributed by atoms with E-state index in [1.807, 2.05) is 42.7 Å². The van der Waals surface area contributed by atoms with E-state index in [1.54, 1.807) is 0 Å². The molecule has 1 aromatic carbocycles. The third-order valence-corrected chi connectivity index (χ3v) is 3.10. The SMILES string of the molecule is CCNc1nc2ccccc2n1C(CC)C(=O)OC. The highest BCUT2D eigenvalue weighted by Crippen LogP contribution is 2.26.